The molecule has 1 aromatic rings. The maximum absolute atomic E-state index is 12.1. The lowest BCUT2D eigenvalue weighted by molar-refractivity contribution is -0.136. The summed E-state index contributed by atoms with van der Waals surface area (Å²) in [6, 6.07) is 7.43. The Bertz CT molecular complexity index is 451. The molecule has 18 heavy (non-hydrogen) atoms. The zero-order valence-corrected chi connectivity index (χ0v) is 10.9. The summed E-state index contributed by atoms with van der Waals surface area (Å²) < 4.78 is 0. The van der Waals surface area contributed by atoms with Crippen molar-refractivity contribution in [3.63, 3.8) is 0 Å². The summed E-state index contributed by atoms with van der Waals surface area (Å²) in [5.41, 5.74) is 2.34. The average molecular weight is 267 g/mol. The number of benzene rings is 1. The Balaban J connectivity index is 1.98. The van der Waals surface area contributed by atoms with E-state index in [4.69, 9.17) is 11.6 Å². The number of nitrogens with zero attached hydrogens (tertiary/aromatic N) is 1. The number of alkyl halides is 1. The van der Waals surface area contributed by atoms with Crippen molar-refractivity contribution in [1.29, 1.82) is 0 Å². The van der Waals surface area contributed by atoms with E-state index in [1.54, 1.807) is 11.8 Å². The summed E-state index contributed by atoms with van der Waals surface area (Å²) in [6.07, 6.45) is 0. The smallest absolute Gasteiger partial charge is 0.245 e. The van der Waals surface area contributed by atoms with E-state index in [0.717, 1.165) is 0 Å². The second kappa shape index (κ2) is 5.40. The van der Waals surface area contributed by atoms with E-state index in [1.807, 2.05) is 24.3 Å². The minimum absolute atomic E-state index is 0.0790. The molecule has 1 aliphatic rings. The third kappa shape index (κ3) is 2.64. The molecule has 2 rings (SSSR count). The first-order chi connectivity index (χ1) is 8.61. The monoisotopic (exact) mass is 266 g/mol. The van der Waals surface area contributed by atoms with E-state index in [9.17, 15) is 9.59 Å². The van der Waals surface area contributed by atoms with Gasteiger partial charge in [-0.3, -0.25) is 9.59 Å². The van der Waals surface area contributed by atoms with Gasteiger partial charge in [-0.1, -0.05) is 24.3 Å². The molecule has 96 valence electrons. The molecular weight excluding hydrogens is 252 g/mol. The van der Waals surface area contributed by atoms with E-state index in [-0.39, 0.29) is 17.7 Å². The van der Waals surface area contributed by atoms with Gasteiger partial charge in [0.1, 0.15) is 11.9 Å². The predicted molar refractivity (Wildman–Crippen MR) is 69.0 cm³/mol. The molecule has 5 heteroatoms. The largest absolute Gasteiger partial charge is 0.344 e. The molecule has 1 heterocycles. The molecule has 1 aliphatic heterocycles. The zero-order valence-electron chi connectivity index (χ0n) is 10.1. The molecular formula is C13H15ClN2O2. The van der Waals surface area contributed by atoms with Gasteiger partial charge in [0, 0.05) is 13.1 Å². The molecule has 2 amide bonds. The van der Waals surface area contributed by atoms with Crippen molar-refractivity contribution in [2.45, 2.75) is 26.1 Å². The SMILES string of the molecule is C[C@@H](NC(=O)CCl)C(=O)N1Cc2ccccc2C1. The van der Waals surface area contributed by atoms with Crippen LogP contribution >= 0.6 is 11.6 Å². The van der Waals surface area contributed by atoms with Crippen LogP contribution in [0.2, 0.25) is 0 Å². The molecule has 0 fully saturated rings. The van der Waals surface area contributed by atoms with Crippen molar-refractivity contribution in [2.24, 2.45) is 0 Å². The van der Waals surface area contributed by atoms with Crippen molar-refractivity contribution < 1.29 is 9.59 Å². The molecule has 1 N–H and O–H groups in total. The summed E-state index contributed by atoms with van der Waals surface area (Å²) in [5, 5.41) is 2.57. The van der Waals surface area contributed by atoms with Gasteiger partial charge >= 0.3 is 0 Å². The fraction of sp³-hybridized carbons (Fsp3) is 0.385. The molecule has 0 unspecified atom stereocenters. The molecule has 0 saturated heterocycles. The summed E-state index contributed by atoms with van der Waals surface area (Å²) in [6.45, 7) is 2.89. The maximum Gasteiger partial charge on any atom is 0.245 e. The standard InChI is InChI=1S/C13H15ClN2O2/c1-9(15-12(17)6-14)13(18)16-7-10-4-2-3-5-11(10)8-16/h2-5,9H,6-8H2,1H3,(H,15,17)/t9-/m1/s1. The van der Waals surface area contributed by atoms with E-state index in [2.05, 4.69) is 5.32 Å². The Morgan fingerprint density at radius 2 is 1.89 bits per heavy atom. The normalized spacial score (nSPS) is 15.1. The maximum atomic E-state index is 12.1. The second-order valence-electron chi connectivity index (χ2n) is 4.39. The Morgan fingerprint density at radius 1 is 1.33 bits per heavy atom. The van der Waals surface area contributed by atoms with Gasteiger partial charge < -0.3 is 10.2 Å². The highest BCUT2D eigenvalue weighted by molar-refractivity contribution is 6.27. The van der Waals surface area contributed by atoms with Gasteiger partial charge in [0.25, 0.3) is 0 Å². The first kappa shape index (κ1) is 12.9. The van der Waals surface area contributed by atoms with Crippen LogP contribution in [-0.4, -0.2) is 28.6 Å². The minimum atomic E-state index is -0.537. The van der Waals surface area contributed by atoms with Crippen molar-refractivity contribution in [3.05, 3.63) is 35.4 Å². The first-order valence-electron chi connectivity index (χ1n) is 5.82. The molecule has 0 radical (unpaired) electrons. The predicted octanol–water partition coefficient (Wildman–Crippen LogP) is 1.27. The highest BCUT2D eigenvalue weighted by Crippen LogP contribution is 2.22. The van der Waals surface area contributed by atoms with Gasteiger partial charge in [-0.25, -0.2) is 0 Å². The second-order valence-corrected chi connectivity index (χ2v) is 4.65. The summed E-state index contributed by atoms with van der Waals surface area (Å²) in [7, 11) is 0. The summed E-state index contributed by atoms with van der Waals surface area (Å²) in [4.78, 5) is 25.0. The van der Waals surface area contributed by atoms with E-state index < -0.39 is 6.04 Å². The lowest BCUT2D eigenvalue weighted by Gasteiger charge is -2.20. The number of halogens is 1. The molecule has 0 bridgehead atoms. The topological polar surface area (TPSA) is 49.4 Å². The van der Waals surface area contributed by atoms with E-state index in [1.165, 1.54) is 11.1 Å². The molecule has 0 spiro atoms. The minimum Gasteiger partial charge on any atom is -0.344 e. The van der Waals surface area contributed by atoms with Crippen molar-refractivity contribution in [2.75, 3.05) is 5.88 Å². The van der Waals surface area contributed by atoms with Crippen LogP contribution in [0.1, 0.15) is 18.1 Å². The summed E-state index contributed by atoms with van der Waals surface area (Å²) in [5.74, 6) is -0.531. The van der Waals surface area contributed by atoms with Gasteiger partial charge in [0.15, 0.2) is 0 Å². The van der Waals surface area contributed by atoms with Gasteiger partial charge in [0.2, 0.25) is 11.8 Å². The fourth-order valence-corrected chi connectivity index (χ4v) is 2.18. The third-order valence-electron chi connectivity index (χ3n) is 3.02. The van der Waals surface area contributed by atoms with Gasteiger partial charge in [-0.2, -0.15) is 0 Å². The number of fused-ring (bicyclic) bond motifs is 1. The fourth-order valence-electron chi connectivity index (χ4n) is 2.10. The van der Waals surface area contributed by atoms with Gasteiger partial charge in [0.05, 0.1) is 0 Å². The van der Waals surface area contributed by atoms with Crippen molar-refractivity contribution in [3.8, 4) is 0 Å². The molecule has 0 aliphatic carbocycles. The Kier molecular flexibility index (Phi) is 3.87. The average Bonchev–Trinajstić information content (AvgIpc) is 2.81. The lowest BCUT2D eigenvalue weighted by Crippen LogP contribution is -2.45. The molecule has 4 nitrogen and oxygen atoms in total. The lowest BCUT2D eigenvalue weighted by atomic mass is 10.1. The van der Waals surface area contributed by atoms with E-state index >= 15 is 0 Å². The van der Waals surface area contributed by atoms with Crippen LogP contribution in [-0.2, 0) is 22.7 Å². The number of nitrogens with one attached hydrogen (secondary N) is 1. The summed E-state index contributed by atoms with van der Waals surface area (Å²) >= 11 is 5.40. The van der Waals surface area contributed by atoms with Gasteiger partial charge in [-0.15, -0.1) is 11.6 Å². The first-order valence-corrected chi connectivity index (χ1v) is 6.36. The van der Waals surface area contributed by atoms with Crippen LogP contribution in [0.5, 0.6) is 0 Å². The zero-order chi connectivity index (χ0) is 13.1. The number of carbonyl (C=O) groups excluding carboxylic acids is 2. The van der Waals surface area contributed by atoms with Crippen LogP contribution < -0.4 is 5.32 Å². The Labute approximate surface area is 111 Å². The molecule has 1 aromatic carbocycles. The third-order valence-corrected chi connectivity index (χ3v) is 3.26. The quantitative estimate of drug-likeness (QED) is 0.838. The molecule has 0 aromatic heterocycles. The van der Waals surface area contributed by atoms with Gasteiger partial charge in [-0.05, 0) is 18.1 Å². The van der Waals surface area contributed by atoms with Crippen LogP contribution in [0, 0.1) is 0 Å². The number of hydrogen-bond donors (Lipinski definition) is 1. The van der Waals surface area contributed by atoms with Crippen molar-refractivity contribution in [1.82, 2.24) is 10.2 Å². The van der Waals surface area contributed by atoms with Crippen LogP contribution in [0.4, 0.5) is 0 Å². The number of hydrogen-bond acceptors (Lipinski definition) is 2. The molecule has 0 saturated carbocycles. The van der Waals surface area contributed by atoms with Crippen LogP contribution in [0.15, 0.2) is 24.3 Å². The van der Waals surface area contributed by atoms with Crippen LogP contribution in [0.25, 0.3) is 0 Å². The van der Waals surface area contributed by atoms with E-state index in [0.29, 0.717) is 13.1 Å². The number of rotatable bonds is 3. The van der Waals surface area contributed by atoms with Crippen LogP contribution in [0.3, 0.4) is 0 Å². The number of carbonyl (C=O) groups is 2. The highest BCUT2D eigenvalue weighted by Gasteiger charge is 2.27. The molecule has 1 atom stereocenters. The Hall–Kier alpha value is -1.55. The Morgan fingerprint density at radius 3 is 2.39 bits per heavy atom. The highest BCUT2D eigenvalue weighted by atomic mass is 35.5. The number of amides is 2. The van der Waals surface area contributed by atoms with Crippen molar-refractivity contribution >= 4 is 23.4 Å².